The molecular formula is C22H17N3O4. The molecule has 2 heterocycles. The molecule has 0 saturated heterocycles. The zero-order valence-corrected chi connectivity index (χ0v) is 15.5. The number of phenols is 1. The Kier molecular flexibility index (Phi) is 4.94. The van der Waals surface area contributed by atoms with Gasteiger partial charge in [0.2, 0.25) is 5.55 Å². The third kappa shape index (κ3) is 3.93. The Morgan fingerprint density at radius 3 is 2.66 bits per heavy atom. The van der Waals surface area contributed by atoms with E-state index in [-0.39, 0.29) is 22.5 Å². The van der Waals surface area contributed by atoms with Crippen LogP contribution in [0.1, 0.15) is 10.4 Å². The molecule has 2 aromatic carbocycles. The van der Waals surface area contributed by atoms with Crippen molar-refractivity contribution in [1.29, 1.82) is 0 Å². The molecule has 0 unspecified atom stereocenters. The highest BCUT2D eigenvalue weighted by atomic mass is 16.5. The van der Waals surface area contributed by atoms with Crippen molar-refractivity contribution < 1.29 is 19.1 Å². The van der Waals surface area contributed by atoms with Gasteiger partial charge in [0.05, 0.1) is 12.8 Å². The van der Waals surface area contributed by atoms with Crippen molar-refractivity contribution >= 4 is 28.4 Å². The maximum Gasteiger partial charge on any atom is 0.262 e. The van der Waals surface area contributed by atoms with Crippen LogP contribution in [0.3, 0.4) is 0 Å². The Balaban J connectivity index is 1.85. The number of aromatic nitrogens is 1. The Hall–Kier alpha value is -4.13. The molecule has 0 radical (unpaired) electrons. The Labute approximate surface area is 165 Å². The predicted octanol–water partition coefficient (Wildman–Crippen LogP) is 4.03. The fourth-order valence-corrected chi connectivity index (χ4v) is 2.78. The van der Waals surface area contributed by atoms with E-state index in [9.17, 15) is 9.90 Å². The van der Waals surface area contributed by atoms with Crippen LogP contribution >= 0.6 is 0 Å². The molecule has 0 spiro atoms. The van der Waals surface area contributed by atoms with E-state index in [0.717, 1.165) is 0 Å². The first kappa shape index (κ1) is 18.2. The SMILES string of the molecule is COc1ccc(N=c2oc3c(O)cccc3cc2C(=O)Nc2ccccn2)cc1. The average molecular weight is 387 g/mol. The molecule has 0 atom stereocenters. The molecule has 7 heteroatoms. The number of anilines is 1. The topological polar surface area (TPSA) is 97.0 Å². The van der Waals surface area contributed by atoms with Gasteiger partial charge in [-0.2, -0.15) is 0 Å². The number of para-hydroxylation sites is 1. The van der Waals surface area contributed by atoms with Gasteiger partial charge >= 0.3 is 0 Å². The van der Waals surface area contributed by atoms with Crippen LogP contribution in [-0.2, 0) is 0 Å². The summed E-state index contributed by atoms with van der Waals surface area (Å²) in [6.45, 7) is 0. The average Bonchev–Trinajstić information content (AvgIpc) is 2.75. The highest BCUT2D eigenvalue weighted by Crippen LogP contribution is 2.24. The highest BCUT2D eigenvalue weighted by Gasteiger charge is 2.15. The molecule has 7 nitrogen and oxygen atoms in total. The van der Waals surface area contributed by atoms with Crippen LogP contribution in [-0.4, -0.2) is 23.1 Å². The summed E-state index contributed by atoms with van der Waals surface area (Å²) in [6.07, 6.45) is 1.58. The third-order valence-electron chi connectivity index (χ3n) is 4.21. The van der Waals surface area contributed by atoms with E-state index in [1.54, 1.807) is 74.0 Å². The lowest BCUT2D eigenvalue weighted by molar-refractivity contribution is 0.102. The summed E-state index contributed by atoms with van der Waals surface area (Å²) in [5.41, 5.74) is 1.09. The number of hydrogen-bond donors (Lipinski definition) is 2. The van der Waals surface area contributed by atoms with Crippen LogP contribution in [0, 0.1) is 0 Å². The Bertz CT molecular complexity index is 1230. The van der Waals surface area contributed by atoms with Crippen LogP contribution < -0.4 is 15.6 Å². The first-order valence-corrected chi connectivity index (χ1v) is 8.81. The Morgan fingerprint density at radius 2 is 1.93 bits per heavy atom. The highest BCUT2D eigenvalue weighted by molar-refractivity contribution is 6.05. The second kappa shape index (κ2) is 7.85. The minimum absolute atomic E-state index is 0.0367. The molecule has 4 aromatic rings. The van der Waals surface area contributed by atoms with E-state index < -0.39 is 5.91 Å². The van der Waals surface area contributed by atoms with Crippen LogP contribution in [0.5, 0.6) is 11.5 Å². The van der Waals surface area contributed by atoms with Gasteiger partial charge in [0.1, 0.15) is 17.1 Å². The molecule has 0 saturated carbocycles. The zero-order valence-electron chi connectivity index (χ0n) is 15.5. The number of ether oxygens (including phenoxy) is 1. The van der Waals surface area contributed by atoms with E-state index >= 15 is 0 Å². The van der Waals surface area contributed by atoms with Crippen molar-refractivity contribution in [3.63, 3.8) is 0 Å². The fraction of sp³-hybridized carbons (Fsp3) is 0.0455. The molecule has 2 N–H and O–H groups in total. The standard InChI is InChI=1S/C22H17N3O4/c1-28-16-10-8-15(9-11-16)24-22-17(21(27)25-19-7-2-3-12-23-19)13-14-5-4-6-18(26)20(14)29-22/h2-13,26H,1H3,(H,23,25,27). The number of carbonyl (C=O) groups excluding carboxylic acids is 1. The summed E-state index contributed by atoms with van der Waals surface area (Å²) in [7, 11) is 1.58. The number of nitrogens with zero attached hydrogens (tertiary/aromatic N) is 2. The van der Waals surface area contributed by atoms with Gasteiger partial charge < -0.3 is 19.6 Å². The van der Waals surface area contributed by atoms with Crippen LogP contribution in [0.25, 0.3) is 11.0 Å². The number of phenolic OH excluding ortho intramolecular Hbond substituents is 1. The molecule has 0 fully saturated rings. The molecule has 4 rings (SSSR count). The number of aromatic hydroxyl groups is 1. The van der Waals surface area contributed by atoms with Gasteiger partial charge in [0.15, 0.2) is 11.3 Å². The summed E-state index contributed by atoms with van der Waals surface area (Å²) in [6, 6.07) is 18.8. The number of benzene rings is 2. The molecule has 29 heavy (non-hydrogen) atoms. The van der Waals surface area contributed by atoms with Gasteiger partial charge in [-0.05, 0) is 48.5 Å². The van der Waals surface area contributed by atoms with E-state index in [2.05, 4.69) is 15.3 Å². The first-order valence-electron chi connectivity index (χ1n) is 8.81. The fourth-order valence-electron chi connectivity index (χ4n) is 2.78. The van der Waals surface area contributed by atoms with Crippen molar-refractivity contribution in [3.05, 3.63) is 84.0 Å². The largest absolute Gasteiger partial charge is 0.504 e. The predicted molar refractivity (Wildman–Crippen MR) is 108 cm³/mol. The summed E-state index contributed by atoms with van der Waals surface area (Å²) in [5, 5.41) is 13.4. The maximum absolute atomic E-state index is 12.9. The van der Waals surface area contributed by atoms with Gasteiger partial charge in [-0.25, -0.2) is 9.98 Å². The lowest BCUT2D eigenvalue weighted by Gasteiger charge is -2.07. The van der Waals surface area contributed by atoms with Crippen LogP contribution in [0.15, 0.2) is 82.3 Å². The third-order valence-corrected chi connectivity index (χ3v) is 4.21. The van der Waals surface area contributed by atoms with E-state index in [4.69, 9.17) is 9.15 Å². The monoisotopic (exact) mass is 387 g/mol. The summed E-state index contributed by atoms with van der Waals surface area (Å²) < 4.78 is 11.0. The number of carbonyl (C=O) groups is 1. The number of pyridine rings is 1. The number of rotatable bonds is 4. The van der Waals surface area contributed by atoms with Gasteiger partial charge in [-0.1, -0.05) is 18.2 Å². The van der Waals surface area contributed by atoms with E-state index in [1.165, 1.54) is 6.07 Å². The zero-order chi connectivity index (χ0) is 20.2. The quantitative estimate of drug-likeness (QED) is 0.551. The van der Waals surface area contributed by atoms with Crippen molar-refractivity contribution in [2.24, 2.45) is 4.99 Å². The molecular weight excluding hydrogens is 370 g/mol. The Morgan fingerprint density at radius 1 is 1.10 bits per heavy atom. The summed E-state index contributed by atoms with van der Waals surface area (Å²) >= 11 is 0. The molecule has 0 aliphatic heterocycles. The molecule has 0 aliphatic rings. The van der Waals surface area contributed by atoms with Crippen LogP contribution in [0.4, 0.5) is 11.5 Å². The normalized spacial score (nSPS) is 11.4. The van der Waals surface area contributed by atoms with Crippen LogP contribution in [0.2, 0.25) is 0 Å². The number of nitrogens with one attached hydrogen (secondary N) is 1. The first-order chi connectivity index (χ1) is 14.1. The van der Waals surface area contributed by atoms with Crippen molar-refractivity contribution in [2.45, 2.75) is 0 Å². The number of amides is 1. The molecule has 0 bridgehead atoms. The lowest BCUT2D eigenvalue weighted by Crippen LogP contribution is -2.22. The number of methoxy groups -OCH3 is 1. The van der Waals surface area contributed by atoms with E-state index in [0.29, 0.717) is 22.6 Å². The van der Waals surface area contributed by atoms with Crippen molar-refractivity contribution in [3.8, 4) is 11.5 Å². The number of fused-ring (bicyclic) bond motifs is 1. The smallest absolute Gasteiger partial charge is 0.262 e. The molecule has 144 valence electrons. The van der Waals surface area contributed by atoms with E-state index in [1.807, 2.05) is 0 Å². The van der Waals surface area contributed by atoms with Gasteiger partial charge in [0.25, 0.3) is 5.91 Å². The molecule has 2 aromatic heterocycles. The molecule has 1 amide bonds. The minimum atomic E-state index is -0.426. The lowest BCUT2D eigenvalue weighted by atomic mass is 10.1. The second-order valence-electron chi connectivity index (χ2n) is 6.14. The summed E-state index contributed by atoms with van der Waals surface area (Å²) in [4.78, 5) is 21.5. The van der Waals surface area contributed by atoms with Gasteiger partial charge in [0, 0.05) is 11.6 Å². The maximum atomic E-state index is 12.9. The van der Waals surface area contributed by atoms with Gasteiger partial charge in [-0.15, -0.1) is 0 Å². The second-order valence-corrected chi connectivity index (χ2v) is 6.14. The summed E-state index contributed by atoms with van der Waals surface area (Å²) in [5.74, 6) is 0.629. The van der Waals surface area contributed by atoms with Crippen molar-refractivity contribution in [2.75, 3.05) is 12.4 Å². The van der Waals surface area contributed by atoms with Gasteiger partial charge in [-0.3, -0.25) is 4.79 Å². The van der Waals surface area contributed by atoms with Crippen molar-refractivity contribution in [1.82, 2.24) is 4.98 Å². The number of hydrogen-bond acceptors (Lipinski definition) is 6. The molecule has 0 aliphatic carbocycles. The minimum Gasteiger partial charge on any atom is -0.504 e.